The zero-order valence-corrected chi connectivity index (χ0v) is 13.1. The Morgan fingerprint density at radius 2 is 2.10 bits per heavy atom. The first-order chi connectivity index (χ1) is 10.2. The first kappa shape index (κ1) is 13.0. The lowest BCUT2D eigenvalue weighted by molar-refractivity contribution is 0.922. The topological polar surface area (TPSA) is 37.8 Å². The molecule has 1 aliphatic carbocycles. The third kappa shape index (κ3) is 2.49. The summed E-state index contributed by atoms with van der Waals surface area (Å²) in [7, 11) is 0. The van der Waals surface area contributed by atoms with Gasteiger partial charge in [-0.25, -0.2) is 9.97 Å². The number of halogens is 1. The molecule has 1 saturated carbocycles. The van der Waals surface area contributed by atoms with Gasteiger partial charge in [-0.05, 0) is 54.8 Å². The van der Waals surface area contributed by atoms with Gasteiger partial charge in [-0.2, -0.15) is 0 Å². The molecule has 3 nitrogen and oxygen atoms in total. The SMILES string of the molecule is Cc1c(Cl)nc(C2CC2)nc1Nc1ccc2sccc2c1. The van der Waals surface area contributed by atoms with E-state index < -0.39 is 0 Å². The third-order valence-electron chi connectivity index (χ3n) is 3.76. The number of hydrogen-bond acceptors (Lipinski definition) is 4. The van der Waals surface area contributed by atoms with Crippen LogP contribution in [-0.2, 0) is 0 Å². The average molecular weight is 316 g/mol. The fourth-order valence-electron chi connectivity index (χ4n) is 2.33. The lowest BCUT2D eigenvalue weighted by atomic mass is 10.2. The Labute approximate surface area is 132 Å². The van der Waals surface area contributed by atoms with Crippen LogP contribution in [0.25, 0.3) is 10.1 Å². The average Bonchev–Trinajstić information content (AvgIpc) is 3.22. The van der Waals surface area contributed by atoms with Crippen LogP contribution in [0.3, 0.4) is 0 Å². The van der Waals surface area contributed by atoms with Gasteiger partial charge in [-0.3, -0.25) is 0 Å². The van der Waals surface area contributed by atoms with Crippen molar-refractivity contribution in [1.29, 1.82) is 0 Å². The van der Waals surface area contributed by atoms with Crippen LogP contribution in [0.15, 0.2) is 29.6 Å². The number of benzene rings is 1. The molecule has 1 N–H and O–H groups in total. The minimum Gasteiger partial charge on any atom is -0.340 e. The number of thiophene rings is 1. The summed E-state index contributed by atoms with van der Waals surface area (Å²) in [6.07, 6.45) is 2.33. The molecule has 3 aromatic rings. The van der Waals surface area contributed by atoms with Gasteiger partial charge in [0, 0.05) is 21.9 Å². The Bertz CT molecular complexity index is 824. The lowest BCUT2D eigenvalue weighted by Crippen LogP contribution is -2.03. The van der Waals surface area contributed by atoms with Crippen LogP contribution < -0.4 is 5.32 Å². The van der Waals surface area contributed by atoms with Crippen LogP contribution >= 0.6 is 22.9 Å². The van der Waals surface area contributed by atoms with Crippen LogP contribution in [0.1, 0.15) is 30.1 Å². The molecule has 1 fully saturated rings. The van der Waals surface area contributed by atoms with Crippen molar-refractivity contribution in [2.75, 3.05) is 5.32 Å². The van der Waals surface area contributed by atoms with E-state index in [4.69, 9.17) is 11.6 Å². The number of anilines is 2. The van der Waals surface area contributed by atoms with Crippen molar-refractivity contribution in [2.45, 2.75) is 25.7 Å². The predicted octanol–water partition coefficient (Wildman–Crippen LogP) is 5.27. The molecule has 5 heteroatoms. The van der Waals surface area contributed by atoms with Crippen LogP contribution in [0, 0.1) is 6.92 Å². The molecule has 0 spiro atoms. The van der Waals surface area contributed by atoms with Gasteiger partial charge in [0.05, 0.1) is 0 Å². The lowest BCUT2D eigenvalue weighted by Gasteiger charge is -2.11. The van der Waals surface area contributed by atoms with Crippen molar-refractivity contribution in [2.24, 2.45) is 0 Å². The number of rotatable bonds is 3. The summed E-state index contributed by atoms with van der Waals surface area (Å²) in [6.45, 7) is 1.95. The summed E-state index contributed by atoms with van der Waals surface area (Å²) in [5.41, 5.74) is 1.92. The maximum absolute atomic E-state index is 6.25. The van der Waals surface area contributed by atoms with Gasteiger partial charge in [-0.1, -0.05) is 11.6 Å². The molecule has 0 bridgehead atoms. The summed E-state index contributed by atoms with van der Waals surface area (Å²) in [5.74, 6) is 2.17. The normalized spacial score (nSPS) is 14.6. The minimum atomic E-state index is 0.489. The monoisotopic (exact) mass is 315 g/mol. The quantitative estimate of drug-likeness (QED) is 0.669. The summed E-state index contributed by atoms with van der Waals surface area (Å²) in [4.78, 5) is 9.05. The van der Waals surface area contributed by atoms with Gasteiger partial charge in [0.25, 0.3) is 0 Å². The molecule has 106 valence electrons. The Morgan fingerprint density at radius 1 is 1.24 bits per heavy atom. The first-order valence-corrected chi connectivity index (χ1v) is 8.25. The van der Waals surface area contributed by atoms with E-state index in [1.165, 1.54) is 22.9 Å². The Hall–Kier alpha value is -1.65. The highest BCUT2D eigenvalue weighted by molar-refractivity contribution is 7.17. The van der Waals surface area contributed by atoms with Crippen molar-refractivity contribution in [3.63, 3.8) is 0 Å². The van der Waals surface area contributed by atoms with Crippen LogP contribution in [0.4, 0.5) is 11.5 Å². The van der Waals surface area contributed by atoms with Crippen LogP contribution in [0.5, 0.6) is 0 Å². The van der Waals surface area contributed by atoms with E-state index in [-0.39, 0.29) is 0 Å². The maximum Gasteiger partial charge on any atom is 0.138 e. The number of hydrogen-bond donors (Lipinski definition) is 1. The second kappa shape index (κ2) is 4.97. The van der Waals surface area contributed by atoms with Crippen molar-refractivity contribution in [3.05, 3.63) is 46.2 Å². The van der Waals surface area contributed by atoms with Gasteiger partial charge >= 0.3 is 0 Å². The first-order valence-electron chi connectivity index (χ1n) is 6.99. The van der Waals surface area contributed by atoms with E-state index >= 15 is 0 Å². The van der Waals surface area contributed by atoms with Crippen molar-refractivity contribution in [1.82, 2.24) is 9.97 Å². The minimum absolute atomic E-state index is 0.489. The molecule has 1 aliphatic rings. The van der Waals surface area contributed by atoms with Gasteiger partial charge in [-0.15, -0.1) is 11.3 Å². The molecule has 0 amide bonds. The second-order valence-corrected chi connectivity index (χ2v) is 6.72. The molecule has 0 radical (unpaired) electrons. The standard InChI is InChI=1S/C16H14ClN3S/c1-9-14(17)19-16(10-2-3-10)20-15(9)18-12-4-5-13-11(8-12)6-7-21-13/h4-8,10H,2-3H2,1H3,(H,18,19,20). The van der Waals surface area contributed by atoms with Gasteiger partial charge < -0.3 is 5.32 Å². The summed E-state index contributed by atoms with van der Waals surface area (Å²) >= 11 is 7.99. The molecular weight excluding hydrogens is 302 g/mol. The highest BCUT2D eigenvalue weighted by Gasteiger charge is 2.28. The van der Waals surface area contributed by atoms with E-state index in [1.807, 2.05) is 6.92 Å². The van der Waals surface area contributed by atoms with Crippen molar-refractivity contribution in [3.8, 4) is 0 Å². The van der Waals surface area contributed by atoms with Gasteiger partial charge in [0.1, 0.15) is 16.8 Å². The van der Waals surface area contributed by atoms with Crippen molar-refractivity contribution >= 4 is 44.5 Å². The molecule has 0 atom stereocenters. The number of nitrogens with one attached hydrogen (secondary N) is 1. The molecule has 0 saturated heterocycles. The highest BCUT2D eigenvalue weighted by atomic mass is 35.5. The Kier molecular flexibility index (Phi) is 3.08. The van der Waals surface area contributed by atoms with Crippen molar-refractivity contribution < 1.29 is 0 Å². The number of aromatic nitrogens is 2. The van der Waals surface area contributed by atoms with E-state index in [0.717, 1.165) is 22.9 Å². The number of nitrogens with zero attached hydrogens (tertiary/aromatic N) is 2. The Morgan fingerprint density at radius 3 is 2.90 bits per heavy atom. The number of fused-ring (bicyclic) bond motifs is 1. The van der Waals surface area contributed by atoms with E-state index in [1.54, 1.807) is 11.3 Å². The second-order valence-electron chi connectivity index (χ2n) is 5.42. The molecule has 0 aliphatic heterocycles. The summed E-state index contributed by atoms with van der Waals surface area (Å²) < 4.78 is 1.29. The molecule has 21 heavy (non-hydrogen) atoms. The van der Waals surface area contributed by atoms with Gasteiger partial charge in [0.2, 0.25) is 0 Å². The zero-order valence-electron chi connectivity index (χ0n) is 11.6. The van der Waals surface area contributed by atoms with Gasteiger partial charge in [0.15, 0.2) is 0 Å². The molecule has 1 aromatic carbocycles. The summed E-state index contributed by atoms with van der Waals surface area (Å²) in [6, 6.07) is 8.46. The van der Waals surface area contributed by atoms with Crippen LogP contribution in [0.2, 0.25) is 5.15 Å². The van der Waals surface area contributed by atoms with Crippen LogP contribution in [-0.4, -0.2) is 9.97 Å². The molecule has 0 unspecified atom stereocenters. The molecular formula is C16H14ClN3S. The van der Waals surface area contributed by atoms with E-state index in [0.29, 0.717) is 11.1 Å². The molecule has 2 heterocycles. The Balaban J connectivity index is 1.72. The highest BCUT2D eigenvalue weighted by Crippen LogP contribution is 2.39. The largest absolute Gasteiger partial charge is 0.340 e. The predicted molar refractivity (Wildman–Crippen MR) is 88.9 cm³/mol. The third-order valence-corrected chi connectivity index (χ3v) is 5.03. The molecule has 2 aromatic heterocycles. The fraction of sp³-hybridized carbons (Fsp3) is 0.250. The van der Waals surface area contributed by atoms with E-state index in [9.17, 15) is 0 Å². The fourth-order valence-corrected chi connectivity index (χ4v) is 3.28. The van der Waals surface area contributed by atoms with E-state index in [2.05, 4.69) is 44.9 Å². The zero-order chi connectivity index (χ0) is 14.4. The molecule has 4 rings (SSSR count). The maximum atomic E-state index is 6.25. The summed E-state index contributed by atoms with van der Waals surface area (Å²) in [5, 5.41) is 7.28. The smallest absolute Gasteiger partial charge is 0.138 e.